The normalized spacial score (nSPS) is 15.8. The molecule has 3 nitrogen and oxygen atoms in total. The van der Waals surface area contributed by atoms with E-state index in [0.717, 1.165) is 17.5 Å². The van der Waals surface area contributed by atoms with Gasteiger partial charge in [0.05, 0.1) is 12.2 Å². The Hall–Kier alpha value is -1.07. The van der Waals surface area contributed by atoms with Crippen molar-refractivity contribution in [3.8, 4) is 0 Å². The van der Waals surface area contributed by atoms with Gasteiger partial charge in [-0.25, -0.2) is 0 Å². The van der Waals surface area contributed by atoms with Crippen molar-refractivity contribution in [2.75, 3.05) is 5.32 Å². The molecule has 2 aromatic rings. The second-order valence-electron chi connectivity index (χ2n) is 4.77. The summed E-state index contributed by atoms with van der Waals surface area (Å²) in [6.07, 6.45) is 5.49. The van der Waals surface area contributed by atoms with Gasteiger partial charge >= 0.3 is 0 Å². The van der Waals surface area contributed by atoms with Gasteiger partial charge in [0.1, 0.15) is 0 Å². The fraction of sp³-hybridized carbons (Fsp3) is 0.429. The number of para-hydroxylation sites is 1. The monoisotopic (exact) mass is 291 g/mol. The maximum atomic E-state index is 4.06. The van der Waals surface area contributed by atoms with Gasteiger partial charge in [0, 0.05) is 21.2 Å². The number of nitrogens with zero attached hydrogens (tertiary/aromatic N) is 2. The lowest BCUT2D eigenvalue weighted by Crippen LogP contribution is -2.02. The molecule has 100 valence electrons. The van der Waals surface area contributed by atoms with E-state index in [4.69, 9.17) is 0 Å². The van der Waals surface area contributed by atoms with Gasteiger partial charge in [-0.2, -0.15) is 0 Å². The maximum Gasteiger partial charge on any atom is 0.0946 e. The quantitative estimate of drug-likeness (QED) is 0.896. The van der Waals surface area contributed by atoms with Gasteiger partial charge in [-0.05, 0) is 36.5 Å². The van der Waals surface area contributed by atoms with Gasteiger partial charge in [0.15, 0.2) is 0 Å². The van der Waals surface area contributed by atoms with Crippen LogP contribution in [0, 0.1) is 0 Å². The summed E-state index contributed by atoms with van der Waals surface area (Å²) in [6, 6.07) is 8.56. The van der Waals surface area contributed by atoms with E-state index in [9.17, 15) is 0 Å². The first kappa shape index (κ1) is 12.9. The van der Waals surface area contributed by atoms with Gasteiger partial charge in [0.25, 0.3) is 0 Å². The molecule has 3 rings (SSSR count). The lowest BCUT2D eigenvalue weighted by atomic mass is 10.3. The number of benzene rings is 1. The van der Waals surface area contributed by atoms with Crippen molar-refractivity contribution in [3.63, 3.8) is 0 Å². The van der Waals surface area contributed by atoms with Crippen LogP contribution in [0.15, 0.2) is 34.5 Å². The van der Waals surface area contributed by atoms with E-state index in [1.807, 2.05) is 17.1 Å². The third-order valence-corrected chi connectivity index (χ3v) is 5.32. The summed E-state index contributed by atoms with van der Waals surface area (Å²) in [5, 5.41) is 10.3. The van der Waals surface area contributed by atoms with Gasteiger partial charge in [-0.3, -0.25) is 0 Å². The number of rotatable bonds is 5. The van der Waals surface area contributed by atoms with Crippen molar-refractivity contribution in [1.29, 1.82) is 0 Å². The zero-order valence-electron chi connectivity index (χ0n) is 10.7. The molecule has 1 fully saturated rings. The molecule has 0 atom stereocenters. The van der Waals surface area contributed by atoms with Crippen molar-refractivity contribution >= 4 is 29.0 Å². The first-order valence-electron chi connectivity index (χ1n) is 6.67. The van der Waals surface area contributed by atoms with Crippen LogP contribution in [0.3, 0.4) is 0 Å². The van der Waals surface area contributed by atoms with E-state index in [1.54, 1.807) is 0 Å². The number of hydrogen-bond acceptors (Lipinski definition) is 5. The molecule has 1 aromatic carbocycles. The van der Waals surface area contributed by atoms with Crippen LogP contribution in [0.1, 0.15) is 31.4 Å². The predicted molar refractivity (Wildman–Crippen MR) is 81.8 cm³/mol. The highest BCUT2D eigenvalue weighted by Crippen LogP contribution is 2.38. The molecule has 1 aliphatic rings. The first-order chi connectivity index (χ1) is 9.42. The van der Waals surface area contributed by atoms with Gasteiger partial charge in [0.2, 0.25) is 0 Å². The molecule has 5 heteroatoms. The van der Waals surface area contributed by atoms with E-state index in [0.29, 0.717) is 0 Å². The summed E-state index contributed by atoms with van der Waals surface area (Å²) >= 11 is 3.42. The lowest BCUT2D eigenvalue weighted by Gasteiger charge is -2.14. The standard InChI is InChI=1S/C14H17N3S2/c1-2-6-12(5-1)19-14-8-4-3-7-13(14)15-9-11-10-18-17-16-11/h3-4,7-8,10,12,15H,1-2,5-6,9H2. The average Bonchev–Trinajstić information content (AvgIpc) is 3.10. The Morgan fingerprint density at radius 2 is 2.11 bits per heavy atom. The van der Waals surface area contributed by atoms with Crippen LogP contribution in [-0.4, -0.2) is 14.8 Å². The Labute approximate surface area is 122 Å². The molecule has 0 bridgehead atoms. The highest BCUT2D eigenvalue weighted by Gasteiger charge is 2.17. The van der Waals surface area contributed by atoms with E-state index in [-0.39, 0.29) is 0 Å². The number of aromatic nitrogens is 2. The molecule has 1 saturated carbocycles. The molecule has 1 heterocycles. The molecule has 0 saturated heterocycles. The molecule has 19 heavy (non-hydrogen) atoms. The number of nitrogens with one attached hydrogen (secondary N) is 1. The average molecular weight is 291 g/mol. The number of anilines is 1. The third-order valence-electron chi connectivity index (χ3n) is 3.35. The SMILES string of the molecule is c1ccc(SC2CCCC2)c(NCc2csnn2)c1. The summed E-state index contributed by atoms with van der Waals surface area (Å²) in [6.45, 7) is 0.749. The molecule has 0 amide bonds. The Morgan fingerprint density at radius 1 is 1.26 bits per heavy atom. The van der Waals surface area contributed by atoms with Crippen molar-refractivity contribution in [2.24, 2.45) is 0 Å². The minimum atomic E-state index is 0.749. The van der Waals surface area contributed by atoms with Crippen molar-refractivity contribution in [2.45, 2.75) is 42.4 Å². The molecule has 1 aromatic heterocycles. The molecular weight excluding hydrogens is 274 g/mol. The van der Waals surface area contributed by atoms with Crippen LogP contribution in [0.5, 0.6) is 0 Å². The van der Waals surface area contributed by atoms with Crippen molar-refractivity contribution < 1.29 is 0 Å². The van der Waals surface area contributed by atoms with Crippen LogP contribution in [-0.2, 0) is 6.54 Å². The second-order valence-corrected chi connectivity index (χ2v) is 6.72. The highest BCUT2D eigenvalue weighted by molar-refractivity contribution is 8.00. The predicted octanol–water partition coefficient (Wildman–Crippen LogP) is 4.18. The summed E-state index contributed by atoms with van der Waals surface area (Å²) in [4.78, 5) is 1.36. The second kappa shape index (κ2) is 6.39. The summed E-state index contributed by atoms with van der Waals surface area (Å²) in [7, 11) is 0. The maximum absolute atomic E-state index is 4.06. The Bertz CT molecular complexity index is 507. The van der Waals surface area contributed by atoms with Crippen molar-refractivity contribution in [3.05, 3.63) is 35.3 Å². The number of thioether (sulfide) groups is 1. The van der Waals surface area contributed by atoms with Gasteiger partial charge in [-0.15, -0.1) is 16.9 Å². The largest absolute Gasteiger partial charge is 0.378 e. The Morgan fingerprint density at radius 3 is 2.89 bits per heavy atom. The smallest absolute Gasteiger partial charge is 0.0946 e. The Balaban J connectivity index is 1.66. The minimum absolute atomic E-state index is 0.749. The van der Waals surface area contributed by atoms with Gasteiger partial charge in [-0.1, -0.05) is 29.5 Å². The van der Waals surface area contributed by atoms with E-state index in [1.165, 1.54) is 47.8 Å². The number of hydrogen-bond donors (Lipinski definition) is 1. The lowest BCUT2D eigenvalue weighted by molar-refractivity contribution is 0.886. The summed E-state index contributed by atoms with van der Waals surface area (Å²) < 4.78 is 3.89. The van der Waals surface area contributed by atoms with Crippen LogP contribution in [0.4, 0.5) is 5.69 Å². The highest BCUT2D eigenvalue weighted by atomic mass is 32.2. The molecule has 0 spiro atoms. The van der Waals surface area contributed by atoms with E-state index in [2.05, 4.69) is 39.2 Å². The van der Waals surface area contributed by atoms with E-state index >= 15 is 0 Å². The topological polar surface area (TPSA) is 37.8 Å². The van der Waals surface area contributed by atoms with Crippen LogP contribution in [0.2, 0.25) is 0 Å². The van der Waals surface area contributed by atoms with Gasteiger partial charge < -0.3 is 5.32 Å². The molecule has 0 radical (unpaired) electrons. The third kappa shape index (κ3) is 3.48. The summed E-state index contributed by atoms with van der Waals surface area (Å²) in [5.74, 6) is 0. The molecule has 0 aliphatic heterocycles. The molecule has 1 N–H and O–H groups in total. The molecule has 1 aliphatic carbocycles. The van der Waals surface area contributed by atoms with Crippen molar-refractivity contribution in [1.82, 2.24) is 9.59 Å². The Kier molecular flexibility index (Phi) is 4.35. The molecule has 0 unspecified atom stereocenters. The minimum Gasteiger partial charge on any atom is -0.378 e. The van der Waals surface area contributed by atoms with Crippen LogP contribution in [0.25, 0.3) is 0 Å². The zero-order valence-corrected chi connectivity index (χ0v) is 12.3. The molecular formula is C14H17N3S2. The summed E-state index contributed by atoms with van der Waals surface area (Å²) in [5.41, 5.74) is 2.22. The van der Waals surface area contributed by atoms with Crippen LogP contribution < -0.4 is 5.32 Å². The fourth-order valence-corrected chi connectivity index (χ4v) is 4.15. The fourth-order valence-electron chi connectivity index (χ4n) is 2.35. The zero-order chi connectivity index (χ0) is 12.9. The van der Waals surface area contributed by atoms with Crippen LogP contribution >= 0.6 is 23.3 Å². The van der Waals surface area contributed by atoms with E-state index < -0.39 is 0 Å². The first-order valence-corrected chi connectivity index (χ1v) is 8.39.